The molecule has 2 aliphatic rings. The SMILES string of the molecule is C/C(=C\CO)C(=O)c1nccc2c1CN(C(C)c1cc(C)c(OCC3CC3)cn1)C2=O. The number of fused-ring (bicyclic) bond motifs is 1. The molecule has 1 atom stereocenters. The number of aliphatic hydroxyl groups is 1. The van der Waals surface area contributed by atoms with Crippen molar-refractivity contribution in [3.8, 4) is 5.75 Å². The summed E-state index contributed by atoms with van der Waals surface area (Å²) in [4.78, 5) is 36.3. The Morgan fingerprint density at radius 1 is 1.39 bits per heavy atom. The molecule has 2 aromatic rings. The summed E-state index contributed by atoms with van der Waals surface area (Å²) in [6.07, 6.45) is 7.12. The number of carbonyl (C=O) groups excluding carboxylic acids is 2. The number of aryl methyl sites for hydroxylation is 1. The molecule has 4 rings (SSSR count). The monoisotopic (exact) mass is 421 g/mol. The van der Waals surface area contributed by atoms with Crippen LogP contribution >= 0.6 is 0 Å². The first-order valence-electron chi connectivity index (χ1n) is 10.6. The van der Waals surface area contributed by atoms with Crippen LogP contribution < -0.4 is 4.74 Å². The number of Topliss-reactive ketones (excluding diaryl/α,β-unsaturated/α-hetero) is 1. The van der Waals surface area contributed by atoms with Crippen LogP contribution in [0.3, 0.4) is 0 Å². The molecule has 7 nitrogen and oxygen atoms in total. The highest BCUT2D eigenvalue weighted by molar-refractivity contribution is 6.10. The average Bonchev–Trinajstić information content (AvgIpc) is 3.53. The Morgan fingerprint density at radius 3 is 2.84 bits per heavy atom. The molecule has 7 heteroatoms. The molecule has 0 saturated heterocycles. The minimum Gasteiger partial charge on any atom is -0.491 e. The molecule has 3 heterocycles. The van der Waals surface area contributed by atoms with Gasteiger partial charge in [0.1, 0.15) is 11.4 Å². The number of carbonyl (C=O) groups is 2. The minimum absolute atomic E-state index is 0.142. The number of hydrogen-bond acceptors (Lipinski definition) is 6. The fourth-order valence-electron chi connectivity index (χ4n) is 3.77. The summed E-state index contributed by atoms with van der Waals surface area (Å²) in [6, 6.07) is 3.34. The van der Waals surface area contributed by atoms with Gasteiger partial charge in [0.2, 0.25) is 5.78 Å². The van der Waals surface area contributed by atoms with Crippen LogP contribution in [0.15, 0.2) is 36.2 Å². The van der Waals surface area contributed by atoms with E-state index in [1.54, 1.807) is 24.1 Å². The predicted octanol–water partition coefficient (Wildman–Crippen LogP) is 3.41. The predicted molar refractivity (Wildman–Crippen MR) is 115 cm³/mol. The van der Waals surface area contributed by atoms with Crippen LogP contribution in [0.4, 0.5) is 0 Å². The summed E-state index contributed by atoms with van der Waals surface area (Å²) in [5.74, 6) is 1.03. The van der Waals surface area contributed by atoms with Gasteiger partial charge in [-0.3, -0.25) is 19.6 Å². The maximum absolute atomic E-state index is 13.1. The molecule has 0 radical (unpaired) electrons. The van der Waals surface area contributed by atoms with Crippen molar-refractivity contribution in [3.63, 3.8) is 0 Å². The maximum atomic E-state index is 13.1. The lowest BCUT2D eigenvalue weighted by atomic mass is 10.0. The maximum Gasteiger partial charge on any atom is 0.255 e. The summed E-state index contributed by atoms with van der Waals surface area (Å²) in [5.41, 5.74) is 3.54. The minimum atomic E-state index is -0.278. The van der Waals surface area contributed by atoms with Gasteiger partial charge in [-0.1, -0.05) is 6.08 Å². The van der Waals surface area contributed by atoms with E-state index in [0.717, 1.165) is 23.6 Å². The zero-order valence-electron chi connectivity index (χ0n) is 18.1. The normalized spacial score (nSPS) is 17.0. The largest absolute Gasteiger partial charge is 0.491 e. The van der Waals surface area contributed by atoms with Gasteiger partial charge >= 0.3 is 0 Å². The molecule has 1 fully saturated rings. The lowest BCUT2D eigenvalue weighted by Gasteiger charge is -2.24. The highest BCUT2D eigenvalue weighted by Crippen LogP contribution is 2.34. The van der Waals surface area contributed by atoms with Gasteiger partial charge in [0.05, 0.1) is 31.1 Å². The molecule has 1 aliphatic heterocycles. The van der Waals surface area contributed by atoms with E-state index in [0.29, 0.717) is 22.6 Å². The number of aliphatic hydroxyl groups excluding tert-OH is 1. The second kappa shape index (κ2) is 8.59. The quantitative estimate of drug-likeness (QED) is 0.519. The smallest absolute Gasteiger partial charge is 0.255 e. The first kappa shape index (κ1) is 21.2. The van der Waals surface area contributed by atoms with Crippen molar-refractivity contribution >= 4 is 11.7 Å². The molecular formula is C24H27N3O4. The molecule has 1 N–H and O–H groups in total. The van der Waals surface area contributed by atoms with Gasteiger partial charge in [0.15, 0.2) is 0 Å². The topological polar surface area (TPSA) is 92.6 Å². The molecule has 2 aromatic heterocycles. The van der Waals surface area contributed by atoms with E-state index in [1.807, 2.05) is 19.9 Å². The third-order valence-corrected chi connectivity index (χ3v) is 6.00. The fraction of sp³-hybridized carbons (Fsp3) is 0.417. The van der Waals surface area contributed by atoms with Crippen LogP contribution in [0.1, 0.15) is 70.4 Å². The number of nitrogens with zero attached hydrogens (tertiary/aromatic N) is 3. The Hall–Kier alpha value is -3.06. The molecule has 1 amide bonds. The van der Waals surface area contributed by atoms with E-state index < -0.39 is 0 Å². The van der Waals surface area contributed by atoms with Crippen molar-refractivity contribution in [2.75, 3.05) is 13.2 Å². The molecule has 0 bridgehead atoms. The zero-order valence-corrected chi connectivity index (χ0v) is 18.1. The Kier molecular flexibility index (Phi) is 5.87. The Bertz CT molecular complexity index is 1060. The summed E-state index contributed by atoms with van der Waals surface area (Å²) in [5, 5.41) is 9.09. The van der Waals surface area contributed by atoms with Gasteiger partial charge in [0, 0.05) is 23.9 Å². The van der Waals surface area contributed by atoms with Crippen LogP contribution in [0.5, 0.6) is 5.75 Å². The molecule has 162 valence electrons. The van der Waals surface area contributed by atoms with Gasteiger partial charge in [-0.05, 0) is 62.8 Å². The van der Waals surface area contributed by atoms with Gasteiger partial charge in [-0.2, -0.15) is 0 Å². The van der Waals surface area contributed by atoms with E-state index >= 15 is 0 Å². The average molecular weight is 421 g/mol. The second-order valence-electron chi connectivity index (χ2n) is 8.32. The van der Waals surface area contributed by atoms with E-state index in [1.165, 1.54) is 25.1 Å². The molecule has 31 heavy (non-hydrogen) atoms. The number of rotatable bonds is 8. The number of aromatic nitrogens is 2. The van der Waals surface area contributed by atoms with Crippen molar-refractivity contribution in [1.29, 1.82) is 0 Å². The first-order chi connectivity index (χ1) is 14.9. The Morgan fingerprint density at radius 2 is 2.16 bits per heavy atom. The standard InChI is InChI=1S/C24H27N3O4/c1-14(7-9-28)23(29)22-19-12-27(24(30)18(19)6-8-25-22)16(3)20-10-15(2)21(11-26-20)31-13-17-4-5-17/h6-8,10-11,16-17,28H,4-5,9,12-13H2,1-3H3/b14-7+. The highest BCUT2D eigenvalue weighted by atomic mass is 16.5. The summed E-state index contributed by atoms with van der Waals surface area (Å²) >= 11 is 0. The van der Waals surface area contributed by atoms with Crippen molar-refractivity contribution in [1.82, 2.24) is 14.9 Å². The summed E-state index contributed by atoms with van der Waals surface area (Å²) in [6.45, 7) is 6.35. The molecule has 1 unspecified atom stereocenters. The zero-order chi connectivity index (χ0) is 22.1. The number of pyridine rings is 2. The van der Waals surface area contributed by atoms with Crippen LogP contribution in [-0.4, -0.2) is 44.9 Å². The fourth-order valence-corrected chi connectivity index (χ4v) is 3.77. The first-order valence-corrected chi connectivity index (χ1v) is 10.6. The van der Waals surface area contributed by atoms with E-state index in [2.05, 4.69) is 9.97 Å². The van der Waals surface area contributed by atoms with Crippen molar-refractivity contribution in [3.05, 3.63) is 64.3 Å². The molecule has 0 spiro atoms. The Labute approximate surface area is 181 Å². The van der Waals surface area contributed by atoms with Gasteiger partial charge < -0.3 is 14.7 Å². The summed E-state index contributed by atoms with van der Waals surface area (Å²) in [7, 11) is 0. The third-order valence-electron chi connectivity index (χ3n) is 6.00. The van der Waals surface area contributed by atoms with E-state index in [-0.39, 0.29) is 36.6 Å². The van der Waals surface area contributed by atoms with E-state index in [9.17, 15) is 9.59 Å². The summed E-state index contributed by atoms with van der Waals surface area (Å²) < 4.78 is 5.87. The molecule has 1 saturated carbocycles. The number of ether oxygens (including phenoxy) is 1. The van der Waals surface area contributed by atoms with Crippen LogP contribution in [0, 0.1) is 12.8 Å². The Balaban J connectivity index is 1.55. The van der Waals surface area contributed by atoms with Crippen LogP contribution in [-0.2, 0) is 6.54 Å². The lowest BCUT2D eigenvalue weighted by Crippen LogP contribution is -2.28. The number of allylic oxidation sites excluding steroid dienone is 1. The highest BCUT2D eigenvalue weighted by Gasteiger charge is 2.35. The number of hydrogen-bond donors (Lipinski definition) is 1. The van der Waals surface area contributed by atoms with Crippen molar-refractivity contribution < 1.29 is 19.4 Å². The van der Waals surface area contributed by atoms with Crippen LogP contribution in [0.2, 0.25) is 0 Å². The number of amides is 1. The van der Waals surface area contributed by atoms with Crippen molar-refractivity contribution in [2.24, 2.45) is 5.92 Å². The lowest BCUT2D eigenvalue weighted by molar-refractivity contribution is 0.0711. The van der Waals surface area contributed by atoms with Gasteiger partial charge in [0.25, 0.3) is 5.91 Å². The molecular weight excluding hydrogens is 394 g/mol. The third kappa shape index (κ3) is 4.23. The van der Waals surface area contributed by atoms with Gasteiger partial charge in [-0.25, -0.2) is 0 Å². The van der Waals surface area contributed by atoms with Crippen molar-refractivity contribution in [2.45, 2.75) is 46.2 Å². The second-order valence-corrected chi connectivity index (χ2v) is 8.32. The molecule has 0 aromatic carbocycles. The van der Waals surface area contributed by atoms with E-state index in [4.69, 9.17) is 9.84 Å². The number of ketones is 1. The van der Waals surface area contributed by atoms with Gasteiger partial charge in [-0.15, -0.1) is 0 Å². The molecule has 1 aliphatic carbocycles. The van der Waals surface area contributed by atoms with Crippen LogP contribution in [0.25, 0.3) is 0 Å².